The highest BCUT2D eigenvalue weighted by atomic mass is 32.2. The van der Waals surface area contributed by atoms with Crippen molar-refractivity contribution in [2.75, 3.05) is 32.8 Å². The first-order valence-corrected chi connectivity index (χ1v) is 12.5. The van der Waals surface area contributed by atoms with Gasteiger partial charge in [-0.05, 0) is 50.3 Å². The van der Waals surface area contributed by atoms with Crippen molar-refractivity contribution in [3.63, 3.8) is 0 Å². The van der Waals surface area contributed by atoms with Crippen LogP contribution in [-0.2, 0) is 21.8 Å². The van der Waals surface area contributed by atoms with E-state index in [1.54, 1.807) is 17.7 Å². The van der Waals surface area contributed by atoms with E-state index >= 15 is 0 Å². The summed E-state index contributed by atoms with van der Waals surface area (Å²) in [5, 5.41) is 3.05. The van der Waals surface area contributed by atoms with Crippen LogP contribution < -0.4 is 10.7 Å². The van der Waals surface area contributed by atoms with Crippen molar-refractivity contribution in [2.45, 2.75) is 37.0 Å². The summed E-state index contributed by atoms with van der Waals surface area (Å²) in [4.78, 5) is 25.9. The molecular formula is C23H29N3O5S. The number of fused-ring (bicyclic) bond motifs is 1. The summed E-state index contributed by atoms with van der Waals surface area (Å²) in [5.41, 5.74) is 1.46. The number of hydrogen-bond acceptors (Lipinski definition) is 5. The maximum atomic E-state index is 13.1. The van der Waals surface area contributed by atoms with Gasteiger partial charge in [0.2, 0.25) is 15.5 Å². The summed E-state index contributed by atoms with van der Waals surface area (Å²) in [6.07, 6.45) is 9.07. The lowest BCUT2D eigenvalue weighted by atomic mass is 9.97. The van der Waals surface area contributed by atoms with Crippen LogP contribution in [0.25, 0.3) is 10.9 Å². The molecule has 0 radical (unpaired) electrons. The maximum Gasteiger partial charge on any atom is 0.256 e. The summed E-state index contributed by atoms with van der Waals surface area (Å²) in [6.45, 7) is 1.71. The topological polar surface area (TPSA) is 97.7 Å². The predicted octanol–water partition coefficient (Wildman–Crippen LogP) is 2.18. The third kappa shape index (κ3) is 4.65. The summed E-state index contributed by atoms with van der Waals surface area (Å²) < 4.78 is 34.3. The van der Waals surface area contributed by atoms with Gasteiger partial charge in [-0.1, -0.05) is 11.6 Å². The minimum absolute atomic E-state index is 0.0125. The van der Waals surface area contributed by atoms with Crippen LogP contribution in [0.1, 0.15) is 42.5 Å². The van der Waals surface area contributed by atoms with E-state index in [1.165, 1.54) is 41.0 Å². The molecule has 9 heteroatoms. The molecule has 1 aromatic heterocycles. The zero-order chi connectivity index (χ0) is 22.7. The van der Waals surface area contributed by atoms with Gasteiger partial charge in [0.05, 0.1) is 23.6 Å². The molecule has 8 nitrogen and oxygen atoms in total. The molecule has 1 aliphatic heterocycles. The number of nitrogens with zero attached hydrogens (tertiary/aromatic N) is 2. The van der Waals surface area contributed by atoms with Crippen LogP contribution >= 0.6 is 0 Å². The normalized spacial score (nSPS) is 17.8. The lowest BCUT2D eigenvalue weighted by Crippen LogP contribution is -2.40. The van der Waals surface area contributed by atoms with E-state index in [0.29, 0.717) is 25.3 Å². The van der Waals surface area contributed by atoms with E-state index in [-0.39, 0.29) is 28.9 Å². The highest BCUT2D eigenvalue weighted by Gasteiger charge is 2.27. The van der Waals surface area contributed by atoms with Crippen molar-refractivity contribution in [1.29, 1.82) is 0 Å². The summed E-state index contributed by atoms with van der Waals surface area (Å²) in [5.74, 6) is -0.439. The number of aromatic nitrogens is 1. The number of ether oxygens (including phenoxy) is 1. The van der Waals surface area contributed by atoms with Gasteiger partial charge in [0, 0.05) is 38.3 Å². The monoisotopic (exact) mass is 459 g/mol. The number of hydrogen-bond donors (Lipinski definition) is 1. The molecule has 1 aromatic carbocycles. The lowest BCUT2D eigenvalue weighted by molar-refractivity contribution is 0.0730. The SMILES string of the molecule is Cn1cc(C(=O)NCCC2=CCCCC2)c(=O)c2cc(S(=O)(=O)N3CCOCC3)ccc21. The summed E-state index contributed by atoms with van der Waals surface area (Å²) in [7, 11) is -2.01. The minimum atomic E-state index is -3.74. The molecular weight excluding hydrogens is 430 g/mol. The van der Waals surface area contributed by atoms with Crippen molar-refractivity contribution in [2.24, 2.45) is 7.05 Å². The number of aryl methyl sites for hydroxylation is 1. The summed E-state index contributed by atoms with van der Waals surface area (Å²) >= 11 is 0. The Labute approximate surface area is 187 Å². The average Bonchev–Trinajstić information content (AvgIpc) is 2.82. The standard InChI is InChI=1S/C23H29N3O5S/c1-25-16-20(23(28)24-10-9-17-5-3-2-4-6-17)22(27)19-15-18(7-8-21(19)25)32(29,30)26-11-13-31-14-12-26/h5,7-8,15-16H,2-4,6,9-14H2,1H3,(H,24,28). The highest BCUT2D eigenvalue weighted by molar-refractivity contribution is 7.89. The Kier molecular flexibility index (Phi) is 6.78. The minimum Gasteiger partial charge on any atom is -0.379 e. The van der Waals surface area contributed by atoms with Crippen molar-refractivity contribution in [3.8, 4) is 0 Å². The molecule has 1 N–H and O–H groups in total. The molecule has 1 aliphatic carbocycles. The number of benzene rings is 1. The first-order valence-electron chi connectivity index (χ1n) is 11.1. The Hall–Kier alpha value is -2.49. The predicted molar refractivity (Wildman–Crippen MR) is 122 cm³/mol. The molecule has 172 valence electrons. The van der Waals surface area contributed by atoms with Crippen LogP contribution in [0.4, 0.5) is 0 Å². The number of amides is 1. The van der Waals surface area contributed by atoms with Crippen LogP contribution in [0.5, 0.6) is 0 Å². The fourth-order valence-electron chi connectivity index (χ4n) is 4.29. The Bertz CT molecular complexity index is 1210. The Morgan fingerprint density at radius 1 is 1.19 bits per heavy atom. The lowest BCUT2D eigenvalue weighted by Gasteiger charge is -2.26. The molecule has 0 bridgehead atoms. The number of carbonyl (C=O) groups excluding carboxylic acids is 1. The van der Waals surface area contributed by atoms with Crippen molar-refractivity contribution < 1.29 is 17.9 Å². The van der Waals surface area contributed by atoms with E-state index < -0.39 is 21.4 Å². The van der Waals surface area contributed by atoms with Gasteiger partial charge in [0.25, 0.3) is 5.91 Å². The van der Waals surface area contributed by atoms with E-state index in [9.17, 15) is 18.0 Å². The van der Waals surface area contributed by atoms with E-state index in [1.807, 2.05) is 0 Å². The zero-order valence-electron chi connectivity index (χ0n) is 18.3. The van der Waals surface area contributed by atoms with Crippen LogP contribution in [0.2, 0.25) is 0 Å². The number of allylic oxidation sites excluding steroid dienone is 1. The molecule has 2 aliphatic rings. The van der Waals surface area contributed by atoms with Gasteiger partial charge in [-0.3, -0.25) is 9.59 Å². The number of carbonyl (C=O) groups is 1. The van der Waals surface area contributed by atoms with E-state index in [2.05, 4.69) is 11.4 Å². The first kappa shape index (κ1) is 22.7. The summed E-state index contributed by atoms with van der Waals surface area (Å²) in [6, 6.07) is 4.50. The Morgan fingerprint density at radius 2 is 1.97 bits per heavy atom. The number of rotatable bonds is 6. The van der Waals surface area contributed by atoms with Crippen LogP contribution in [0.3, 0.4) is 0 Å². The van der Waals surface area contributed by atoms with Crippen molar-refractivity contribution >= 4 is 26.8 Å². The van der Waals surface area contributed by atoms with E-state index in [4.69, 9.17) is 4.74 Å². The van der Waals surface area contributed by atoms with Gasteiger partial charge in [0.15, 0.2) is 0 Å². The fraction of sp³-hybridized carbons (Fsp3) is 0.478. The molecule has 4 rings (SSSR count). The molecule has 0 unspecified atom stereocenters. The third-order valence-electron chi connectivity index (χ3n) is 6.13. The zero-order valence-corrected chi connectivity index (χ0v) is 19.1. The van der Waals surface area contributed by atoms with Gasteiger partial charge >= 0.3 is 0 Å². The number of nitrogens with one attached hydrogen (secondary N) is 1. The Morgan fingerprint density at radius 3 is 2.69 bits per heavy atom. The molecule has 0 saturated carbocycles. The number of pyridine rings is 1. The Balaban J connectivity index is 1.60. The molecule has 2 heterocycles. The second kappa shape index (κ2) is 9.56. The molecule has 0 atom stereocenters. The second-order valence-electron chi connectivity index (χ2n) is 8.29. The third-order valence-corrected chi connectivity index (χ3v) is 8.02. The fourth-order valence-corrected chi connectivity index (χ4v) is 5.73. The quantitative estimate of drug-likeness (QED) is 0.668. The highest BCUT2D eigenvalue weighted by Crippen LogP contribution is 2.22. The van der Waals surface area contributed by atoms with Crippen molar-refractivity contribution in [3.05, 3.63) is 51.8 Å². The molecule has 32 heavy (non-hydrogen) atoms. The van der Waals surface area contributed by atoms with Crippen LogP contribution in [0.15, 0.2) is 45.7 Å². The molecule has 1 fully saturated rings. The molecule has 1 amide bonds. The van der Waals surface area contributed by atoms with Crippen LogP contribution in [-0.4, -0.2) is 56.0 Å². The van der Waals surface area contributed by atoms with Gasteiger partial charge < -0.3 is 14.6 Å². The maximum absolute atomic E-state index is 13.1. The van der Waals surface area contributed by atoms with Gasteiger partial charge in [0.1, 0.15) is 5.56 Å². The van der Waals surface area contributed by atoms with Gasteiger partial charge in [-0.2, -0.15) is 4.31 Å². The smallest absolute Gasteiger partial charge is 0.256 e. The van der Waals surface area contributed by atoms with E-state index in [0.717, 1.165) is 19.3 Å². The number of morpholine rings is 1. The van der Waals surface area contributed by atoms with Gasteiger partial charge in [-0.25, -0.2) is 8.42 Å². The van der Waals surface area contributed by atoms with Gasteiger partial charge in [-0.15, -0.1) is 0 Å². The number of sulfonamides is 1. The first-order chi connectivity index (χ1) is 15.4. The van der Waals surface area contributed by atoms with Crippen molar-refractivity contribution in [1.82, 2.24) is 14.2 Å². The molecule has 1 saturated heterocycles. The molecule has 0 spiro atoms. The molecule has 2 aromatic rings. The average molecular weight is 460 g/mol. The van der Waals surface area contributed by atoms with Crippen LogP contribution in [0, 0.1) is 0 Å². The largest absolute Gasteiger partial charge is 0.379 e. The second-order valence-corrected chi connectivity index (χ2v) is 10.2.